The van der Waals surface area contributed by atoms with Gasteiger partial charge < -0.3 is 0 Å². The molecule has 2 N–H and O–H groups in total. The highest BCUT2D eigenvalue weighted by Gasteiger charge is 2.17. The van der Waals surface area contributed by atoms with Gasteiger partial charge in [-0.1, -0.05) is 36.6 Å². The molecule has 0 atom stereocenters. The Hall–Kier alpha value is -2.67. The predicted molar refractivity (Wildman–Crippen MR) is 116 cm³/mol. The number of hydrazone groups is 1. The third-order valence-electron chi connectivity index (χ3n) is 5.03. The molecule has 1 saturated carbocycles. The Labute approximate surface area is 172 Å². The first kappa shape index (κ1) is 21.0. The molecule has 1 aliphatic carbocycles. The van der Waals surface area contributed by atoms with Crippen LogP contribution >= 0.6 is 0 Å². The van der Waals surface area contributed by atoms with Gasteiger partial charge in [0.25, 0.3) is 15.9 Å². The minimum absolute atomic E-state index is 0.0345. The van der Waals surface area contributed by atoms with Gasteiger partial charge >= 0.3 is 0 Å². The van der Waals surface area contributed by atoms with E-state index in [4.69, 9.17) is 0 Å². The average molecular weight is 414 g/mol. The number of anilines is 1. The predicted octanol–water partition coefficient (Wildman–Crippen LogP) is 4.54. The van der Waals surface area contributed by atoms with E-state index < -0.39 is 15.9 Å². The lowest BCUT2D eigenvalue weighted by Gasteiger charge is -2.12. The Balaban J connectivity index is 1.75. The van der Waals surface area contributed by atoms with Gasteiger partial charge in [0.2, 0.25) is 0 Å². The van der Waals surface area contributed by atoms with Gasteiger partial charge in [-0.15, -0.1) is 0 Å². The van der Waals surface area contributed by atoms with Crippen molar-refractivity contribution in [3.05, 3.63) is 59.2 Å². The van der Waals surface area contributed by atoms with Crippen molar-refractivity contribution in [1.29, 1.82) is 0 Å². The van der Waals surface area contributed by atoms with Crippen LogP contribution in [0.15, 0.2) is 52.5 Å². The Bertz CT molecular complexity index is 1020. The van der Waals surface area contributed by atoms with Crippen LogP contribution in [0.4, 0.5) is 5.69 Å². The van der Waals surface area contributed by atoms with Crippen molar-refractivity contribution in [2.45, 2.75) is 57.3 Å². The van der Waals surface area contributed by atoms with E-state index in [1.807, 2.05) is 26.0 Å². The topological polar surface area (TPSA) is 87.6 Å². The third kappa shape index (κ3) is 5.67. The summed E-state index contributed by atoms with van der Waals surface area (Å²) in [6.45, 7) is 3.80. The summed E-state index contributed by atoms with van der Waals surface area (Å²) in [7, 11) is -3.81. The van der Waals surface area contributed by atoms with Crippen molar-refractivity contribution in [2.24, 2.45) is 5.10 Å². The molecule has 0 bridgehead atoms. The van der Waals surface area contributed by atoms with Gasteiger partial charge in [0, 0.05) is 11.3 Å². The van der Waals surface area contributed by atoms with Gasteiger partial charge in [-0.05, 0) is 69.4 Å². The number of aryl methyl sites for hydroxylation is 2. The van der Waals surface area contributed by atoms with Crippen LogP contribution in [0.2, 0.25) is 0 Å². The minimum atomic E-state index is -3.81. The standard InChI is InChI=1S/C22H27N3O3S/c1-16-12-13-21(17(2)14-16)25-29(27,28)20-11-7-8-18(15-20)22(26)24-23-19-9-5-3-4-6-10-19/h7-8,11-15,25H,3-6,9-10H2,1-2H3,(H,24,26). The van der Waals surface area contributed by atoms with Gasteiger partial charge in [0.1, 0.15) is 0 Å². The molecule has 2 aromatic rings. The maximum Gasteiger partial charge on any atom is 0.271 e. The number of amides is 1. The molecule has 154 valence electrons. The molecule has 0 saturated heterocycles. The molecule has 0 heterocycles. The quantitative estimate of drug-likeness (QED) is 0.557. The Morgan fingerprint density at radius 2 is 1.69 bits per heavy atom. The first-order valence-corrected chi connectivity index (χ1v) is 11.4. The number of benzene rings is 2. The molecule has 0 aliphatic heterocycles. The monoisotopic (exact) mass is 413 g/mol. The number of nitrogens with zero attached hydrogens (tertiary/aromatic N) is 1. The zero-order valence-corrected chi connectivity index (χ0v) is 17.7. The number of rotatable bonds is 5. The van der Waals surface area contributed by atoms with E-state index in [-0.39, 0.29) is 10.5 Å². The molecule has 2 aromatic carbocycles. The summed E-state index contributed by atoms with van der Waals surface area (Å²) in [5.74, 6) is -0.412. The number of hydrogen-bond acceptors (Lipinski definition) is 4. The summed E-state index contributed by atoms with van der Waals surface area (Å²) >= 11 is 0. The van der Waals surface area contributed by atoms with Crippen molar-refractivity contribution in [2.75, 3.05) is 4.72 Å². The summed E-state index contributed by atoms with van der Waals surface area (Å²) in [5, 5.41) is 4.25. The molecule has 0 radical (unpaired) electrons. The zero-order chi connectivity index (χ0) is 20.9. The summed E-state index contributed by atoms with van der Waals surface area (Å²) in [6, 6.07) is 11.5. The van der Waals surface area contributed by atoms with Gasteiger partial charge in [-0.2, -0.15) is 5.10 Å². The van der Waals surface area contributed by atoms with Gasteiger partial charge in [-0.25, -0.2) is 13.8 Å². The van der Waals surface area contributed by atoms with Crippen LogP contribution in [0, 0.1) is 13.8 Å². The molecule has 3 rings (SSSR count). The van der Waals surface area contributed by atoms with Crippen LogP contribution in [0.5, 0.6) is 0 Å². The molecule has 29 heavy (non-hydrogen) atoms. The molecular weight excluding hydrogens is 386 g/mol. The maximum absolute atomic E-state index is 12.8. The van der Waals surface area contributed by atoms with E-state index in [0.29, 0.717) is 5.69 Å². The number of nitrogens with one attached hydrogen (secondary N) is 2. The minimum Gasteiger partial charge on any atom is -0.279 e. The van der Waals surface area contributed by atoms with Crippen molar-refractivity contribution in [1.82, 2.24) is 5.43 Å². The molecule has 0 unspecified atom stereocenters. The van der Waals surface area contributed by atoms with Crippen LogP contribution in [-0.2, 0) is 10.0 Å². The first-order chi connectivity index (χ1) is 13.8. The van der Waals surface area contributed by atoms with E-state index in [0.717, 1.165) is 42.5 Å². The van der Waals surface area contributed by atoms with E-state index in [2.05, 4.69) is 15.2 Å². The highest BCUT2D eigenvalue weighted by Crippen LogP contribution is 2.21. The summed E-state index contributed by atoms with van der Waals surface area (Å²) in [6.07, 6.45) is 6.36. The smallest absolute Gasteiger partial charge is 0.271 e. The molecule has 0 aromatic heterocycles. The number of hydrogen-bond donors (Lipinski definition) is 2. The Morgan fingerprint density at radius 1 is 0.966 bits per heavy atom. The lowest BCUT2D eigenvalue weighted by Crippen LogP contribution is -2.20. The fourth-order valence-corrected chi connectivity index (χ4v) is 4.56. The third-order valence-corrected chi connectivity index (χ3v) is 6.39. The van der Waals surface area contributed by atoms with Crippen molar-refractivity contribution in [3.63, 3.8) is 0 Å². The molecule has 6 nitrogen and oxygen atoms in total. The average Bonchev–Trinajstić information content (AvgIpc) is 2.97. The molecule has 1 amide bonds. The van der Waals surface area contributed by atoms with E-state index >= 15 is 0 Å². The second-order valence-electron chi connectivity index (χ2n) is 7.48. The van der Waals surface area contributed by atoms with Crippen LogP contribution in [0.25, 0.3) is 0 Å². The highest BCUT2D eigenvalue weighted by molar-refractivity contribution is 7.92. The molecule has 1 aliphatic rings. The zero-order valence-electron chi connectivity index (χ0n) is 16.9. The molecular formula is C22H27N3O3S. The largest absolute Gasteiger partial charge is 0.279 e. The van der Waals surface area contributed by atoms with E-state index in [1.54, 1.807) is 18.2 Å². The lowest BCUT2D eigenvalue weighted by atomic mass is 10.1. The number of carbonyl (C=O) groups is 1. The van der Waals surface area contributed by atoms with Gasteiger partial charge in [-0.3, -0.25) is 9.52 Å². The molecule has 0 spiro atoms. The van der Waals surface area contributed by atoms with Crippen molar-refractivity contribution >= 4 is 27.3 Å². The number of carbonyl (C=O) groups excluding carboxylic acids is 1. The molecule has 1 fully saturated rings. The van der Waals surface area contributed by atoms with E-state index in [1.165, 1.54) is 25.0 Å². The molecule has 7 heteroatoms. The normalized spacial score (nSPS) is 14.8. The fourth-order valence-electron chi connectivity index (χ4n) is 3.38. The summed E-state index contributed by atoms with van der Waals surface area (Å²) < 4.78 is 28.2. The van der Waals surface area contributed by atoms with Crippen molar-refractivity contribution in [3.8, 4) is 0 Å². The van der Waals surface area contributed by atoms with Crippen LogP contribution in [0.1, 0.15) is 60.0 Å². The number of sulfonamides is 1. The fraction of sp³-hybridized carbons (Fsp3) is 0.364. The Morgan fingerprint density at radius 3 is 2.38 bits per heavy atom. The van der Waals surface area contributed by atoms with Crippen LogP contribution in [-0.4, -0.2) is 20.0 Å². The van der Waals surface area contributed by atoms with Gasteiger partial charge in [0.15, 0.2) is 0 Å². The first-order valence-electron chi connectivity index (χ1n) is 9.91. The Kier molecular flexibility index (Phi) is 6.69. The lowest BCUT2D eigenvalue weighted by molar-refractivity contribution is 0.0954. The second-order valence-corrected chi connectivity index (χ2v) is 9.17. The van der Waals surface area contributed by atoms with Gasteiger partial charge in [0.05, 0.1) is 10.6 Å². The van der Waals surface area contributed by atoms with E-state index in [9.17, 15) is 13.2 Å². The van der Waals surface area contributed by atoms with Crippen LogP contribution in [0.3, 0.4) is 0 Å². The summed E-state index contributed by atoms with van der Waals surface area (Å²) in [4.78, 5) is 12.5. The maximum atomic E-state index is 12.8. The second kappa shape index (κ2) is 9.22. The van der Waals surface area contributed by atoms with Crippen LogP contribution < -0.4 is 10.1 Å². The SMILES string of the molecule is Cc1ccc(NS(=O)(=O)c2cccc(C(=O)NN=C3CCCCCC3)c2)c(C)c1. The highest BCUT2D eigenvalue weighted by atomic mass is 32.2. The van der Waals surface area contributed by atoms with Crippen molar-refractivity contribution < 1.29 is 13.2 Å². The summed E-state index contributed by atoms with van der Waals surface area (Å²) in [5.41, 5.74) is 6.23.